The summed E-state index contributed by atoms with van der Waals surface area (Å²) in [6.45, 7) is 4.40. The van der Waals surface area contributed by atoms with Gasteiger partial charge in [-0.05, 0) is 63.3 Å². The molecule has 2 aromatic rings. The van der Waals surface area contributed by atoms with Crippen LogP contribution in [0.2, 0.25) is 0 Å². The van der Waals surface area contributed by atoms with Crippen molar-refractivity contribution >= 4 is 11.3 Å². The molecule has 5 heteroatoms. The molecular weight excluding hydrogens is 282 g/mol. The Kier molecular flexibility index (Phi) is 5.06. The summed E-state index contributed by atoms with van der Waals surface area (Å²) in [6, 6.07) is 6.19. The van der Waals surface area contributed by atoms with E-state index in [-0.39, 0.29) is 0 Å². The van der Waals surface area contributed by atoms with Gasteiger partial charge in [0.2, 0.25) is 0 Å². The number of likely N-dealkylation sites (tertiary alicyclic amines) is 1. The minimum Gasteiger partial charge on any atom is -0.355 e. The molecule has 0 bridgehead atoms. The van der Waals surface area contributed by atoms with Gasteiger partial charge in [-0.15, -0.1) is 11.3 Å². The highest BCUT2D eigenvalue weighted by atomic mass is 32.1. The van der Waals surface area contributed by atoms with Gasteiger partial charge < -0.3 is 9.84 Å². The van der Waals surface area contributed by atoms with E-state index >= 15 is 0 Å². The first kappa shape index (κ1) is 14.8. The van der Waals surface area contributed by atoms with Gasteiger partial charge in [-0.25, -0.2) is 0 Å². The fraction of sp³-hybridized carbons (Fsp3) is 0.562. The number of hydrogen-bond donors (Lipinski definition) is 1. The molecule has 1 fully saturated rings. The Labute approximate surface area is 130 Å². The van der Waals surface area contributed by atoms with Crippen LogP contribution in [0.1, 0.15) is 25.0 Å². The largest absolute Gasteiger partial charge is 0.355 e. The third-order valence-corrected chi connectivity index (χ3v) is 5.10. The standard InChI is InChI=1S/C16H23N3OS/c1-17-7-4-13-5-8-19(9-6-13)12-14-11-15(20-18-14)16-3-2-10-21-16/h2-3,10-11,13,17H,4-9,12H2,1H3. The van der Waals surface area contributed by atoms with Crippen LogP contribution in [0.4, 0.5) is 0 Å². The topological polar surface area (TPSA) is 41.3 Å². The van der Waals surface area contributed by atoms with Crippen LogP contribution in [0.5, 0.6) is 0 Å². The van der Waals surface area contributed by atoms with Crippen molar-refractivity contribution in [1.82, 2.24) is 15.4 Å². The Morgan fingerprint density at radius 3 is 3.00 bits per heavy atom. The summed E-state index contributed by atoms with van der Waals surface area (Å²) >= 11 is 1.69. The van der Waals surface area contributed by atoms with Crippen LogP contribution >= 0.6 is 11.3 Å². The van der Waals surface area contributed by atoms with Crippen molar-refractivity contribution in [3.05, 3.63) is 29.3 Å². The van der Waals surface area contributed by atoms with Crippen LogP contribution in [0.25, 0.3) is 10.6 Å². The van der Waals surface area contributed by atoms with Crippen LogP contribution in [-0.2, 0) is 6.54 Å². The predicted molar refractivity (Wildman–Crippen MR) is 86.4 cm³/mol. The highest BCUT2D eigenvalue weighted by Crippen LogP contribution is 2.26. The van der Waals surface area contributed by atoms with Crippen LogP contribution < -0.4 is 5.32 Å². The number of piperidine rings is 1. The van der Waals surface area contributed by atoms with Gasteiger partial charge in [0.25, 0.3) is 0 Å². The molecule has 4 nitrogen and oxygen atoms in total. The van der Waals surface area contributed by atoms with E-state index in [0.717, 1.165) is 35.3 Å². The van der Waals surface area contributed by atoms with Gasteiger partial charge in [0.15, 0.2) is 5.76 Å². The lowest BCUT2D eigenvalue weighted by Crippen LogP contribution is -2.34. The zero-order chi connectivity index (χ0) is 14.5. The lowest BCUT2D eigenvalue weighted by Gasteiger charge is -2.31. The molecule has 114 valence electrons. The third-order valence-electron chi connectivity index (χ3n) is 4.22. The fourth-order valence-corrected chi connectivity index (χ4v) is 3.61. The Hall–Kier alpha value is -1.17. The monoisotopic (exact) mass is 305 g/mol. The lowest BCUT2D eigenvalue weighted by atomic mass is 9.93. The summed E-state index contributed by atoms with van der Waals surface area (Å²) < 4.78 is 5.45. The molecule has 0 saturated carbocycles. The summed E-state index contributed by atoms with van der Waals surface area (Å²) in [7, 11) is 2.03. The Morgan fingerprint density at radius 1 is 1.43 bits per heavy atom. The molecule has 1 saturated heterocycles. The van der Waals surface area contributed by atoms with Gasteiger partial charge in [0.05, 0.1) is 10.6 Å². The number of hydrogen-bond acceptors (Lipinski definition) is 5. The van der Waals surface area contributed by atoms with E-state index < -0.39 is 0 Å². The molecular formula is C16H23N3OS. The van der Waals surface area contributed by atoms with E-state index in [1.54, 1.807) is 11.3 Å². The second kappa shape index (κ2) is 7.20. The zero-order valence-electron chi connectivity index (χ0n) is 12.5. The van der Waals surface area contributed by atoms with Gasteiger partial charge in [0.1, 0.15) is 0 Å². The lowest BCUT2D eigenvalue weighted by molar-refractivity contribution is 0.169. The quantitative estimate of drug-likeness (QED) is 0.889. The van der Waals surface area contributed by atoms with Crippen LogP contribution in [0.15, 0.2) is 28.1 Å². The summed E-state index contributed by atoms with van der Waals surface area (Å²) in [5, 5.41) is 9.52. The zero-order valence-corrected chi connectivity index (χ0v) is 13.4. The highest BCUT2D eigenvalue weighted by Gasteiger charge is 2.20. The van der Waals surface area contributed by atoms with E-state index in [9.17, 15) is 0 Å². The minimum absolute atomic E-state index is 0.882. The van der Waals surface area contributed by atoms with Crippen molar-refractivity contribution in [2.45, 2.75) is 25.8 Å². The van der Waals surface area contributed by atoms with E-state index in [4.69, 9.17) is 4.52 Å². The van der Waals surface area contributed by atoms with Crippen molar-refractivity contribution in [3.8, 4) is 10.6 Å². The molecule has 0 atom stereocenters. The number of rotatable bonds is 6. The first-order valence-electron chi connectivity index (χ1n) is 7.71. The maximum absolute atomic E-state index is 5.45. The van der Waals surface area contributed by atoms with Crippen LogP contribution in [0.3, 0.4) is 0 Å². The summed E-state index contributed by atoms with van der Waals surface area (Å²) in [4.78, 5) is 3.64. The molecule has 0 amide bonds. The van der Waals surface area contributed by atoms with Crippen LogP contribution in [0, 0.1) is 5.92 Å². The first-order valence-corrected chi connectivity index (χ1v) is 8.59. The molecule has 3 rings (SSSR count). The van der Waals surface area contributed by atoms with E-state index in [0.29, 0.717) is 0 Å². The molecule has 1 N–H and O–H groups in total. The van der Waals surface area contributed by atoms with Crippen molar-refractivity contribution in [3.63, 3.8) is 0 Å². The van der Waals surface area contributed by atoms with E-state index in [1.165, 1.54) is 32.4 Å². The second-order valence-corrected chi connectivity index (χ2v) is 6.72. The summed E-state index contributed by atoms with van der Waals surface area (Å²) in [6.07, 6.45) is 3.91. The van der Waals surface area contributed by atoms with E-state index in [2.05, 4.69) is 32.9 Å². The maximum Gasteiger partial charge on any atom is 0.177 e. The molecule has 0 unspecified atom stereocenters. The van der Waals surface area contributed by atoms with Gasteiger partial charge in [-0.1, -0.05) is 11.2 Å². The number of aromatic nitrogens is 1. The first-order chi connectivity index (χ1) is 10.3. The Morgan fingerprint density at radius 2 is 2.29 bits per heavy atom. The highest BCUT2D eigenvalue weighted by molar-refractivity contribution is 7.13. The van der Waals surface area contributed by atoms with E-state index in [1.807, 2.05) is 13.1 Å². The molecule has 0 aromatic carbocycles. The average molecular weight is 305 g/mol. The smallest absolute Gasteiger partial charge is 0.177 e. The van der Waals surface area contributed by atoms with Crippen LogP contribution in [-0.4, -0.2) is 36.7 Å². The van der Waals surface area contributed by atoms with Crippen molar-refractivity contribution in [1.29, 1.82) is 0 Å². The predicted octanol–water partition coefficient (Wildman–Crippen LogP) is 3.22. The van der Waals surface area contributed by atoms with Crippen molar-refractivity contribution < 1.29 is 4.52 Å². The molecule has 3 heterocycles. The molecule has 0 radical (unpaired) electrons. The SMILES string of the molecule is CNCCC1CCN(Cc2cc(-c3cccs3)on2)CC1. The fourth-order valence-electron chi connectivity index (χ4n) is 2.93. The maximum atomic E-state index is 5.45. The molecule has 1 aliphatic heterocycles. The molecule has 2 aromatic heterocycles. The van der Waals surface area contributed by atoms with Gasteiger partial charge in [-0.2, -0.15) is 0 Å². The second-order valence-electron chi connectivity index (χ2n) is 5.77. The molecule has 21 heavy (non-hydrogen) atoms. The van der Waals surface area contributed by atoms with Gasteiger partial charge in [-0.3, -0.25) is 4.90 Å². The Bertz CT molecular complexity index is 529. The normalized spacial score (nSPS) is 17.4. The summed E-state index contributed by atoms with van der Waals surface area (Å²) in [5.74, 6) is 1.77. The van der Waals surface area contributed by atoms with Gasteiger partial charge in [0, 0.05) is 12.6 Å². The Balaban J connectivity index is 1.49. The molecule has 0 aliphatic carbocycles. The number of nitrogens with one attached hydrogen (secondary N) is 1. The van der Waals surface area contributed by atoms with Crippen molar-refractivity contribution in [2.24, 2.45) is 5.92 Å². The van der Waals surface area contributed by atoms with Gasteiger partial charge >= 0.3 is 0 Å². The summed E-state index contributed by atoms with van der Waals surface area (Å²) in [5.41, 5.74) is 1.05. The number of nitrogens with zero attached hydrogens (tertiary/aromatic N) is 2. The average Bonchev–Trinajstić information content (AvgIpc) is 3.17. The molecule has 1 aliphatic rings. The van der Waals surface area contributed by atoms with Crippen molar-refractivity contribution in [2.75, 3.05) is 26.7 Å². The molecule has 0 spiro atoms. The minimum atomic E-state index is 0.882. The third kappa shape index (κ3) is 3.93. The number of thiophene rings is 1.